The molecule has 1 aliphatic rings. The predicted octanol–water partition coefficient (Wildman–Crippen LogP) is 1.16. The zero-order valence-electron chi connectivity index (χ0n) is 10.2. The van der Waals surface area contributed by atoms with Crippen molar-refractivity contribution in [1.29, 1.82) is 0 Å². The molecule has 1 saturated heterocycles. The number of anilines is 1. The van der Waals surface area contributed by atoms with Crippen molar-refractivity contribution in [3.8, 4) is 0 Å². The van der Waals surface area contributed by atoms with Gasteiger partial charge in [-0.15, -0.1) is 5.10 Å². The second-order valence-corrected chi connectivity index (χ2v) is 4.24. The van der Waals surface area contributed by atoms with Gasteiger partial charge in [0, 0.05) is 13.2 Å². The number of hydrogen-bond donors (Lipinski definition) is 2. The summed E-state index contributed by atoms with van der Waals surface area (Å²) in [5.41, 5.74) is 0. The Bertz CT molecular complexity index is 323. The summed E-state index contributed by atoms with van der Waals surface area (Å²) in [5, 5.41) is 13.9. The van der Waals surface area contributed by atoms with E-state index < -0.39 is 0 Å². The Labute approximate surface area is 101 Å². The molecule has 0 aromatic carbocycles. The van der Waals surface area contributed by atoms with E-state index >= 15 is 0 Å². The molecule has 0 saturated carbocycles. The molecule has 0 spiro atoms. The summed E-state index contributed by atoms with van der Waals surface area (Å²) in [7, 11) is 1.84. The fourth-order valence-electron chi connectivity index (χ4n) is 1.92. The molecular formula is C11H20N4O2. The smallest absolute Gasteiger partial charge is 0.315 e. The van der Waals surface area contributed by atoms with Crippen LogP contribution in [-0.4, -0.2) is 36.5 Å². The molecule has 1 aromatic heterocycles. The highest BCUT2D eigenvalue weighted by Gasteiger charge is 2.13. The van der Waals surface area contributed by atoms with E-state index in [2.05, 4.69) is 20.8 Å². The Kier molecular flexibility index (Phi) is 4.75. The first-order chi connectivity index (χ1) is 8.38. The Hall–Kier alpha value is -1.14. The molecule has 0 amide bonds. The number of nitrogens with one attached hydrogen (secondary N) is 2. The average Bonchev–Trinajstić information content (AvgIpc) is 2.79. The lowest BCUT2D eigenvalue weighted by atomic mass is 10.1. The molecule has 96 valence electrons. The first-order valence-electron chi connectivity index (χ1n) is 6.21. The van der Waals surface area contributed by atoms with E-state index in [1.54, 1.807) is 0 Å². The maximum Gasteiger partial charge on any atom is 0.315 e. The number of nitrogens with zero attached hydrogens (tertiary/aromatic N) is 2. The molecule has 6 nitrogen and oxygen atoms in total. The minimum absolute atomic E-state index is 0.385. The van der Waals surface area contributed by atoms with Gasteiger partial charge in [0.2, 0.25) is 5.89 Å². The normalized spacial score (nSPS) is 20.4. The molecule has 1 fully saturated rings. The molecule has 2 heterocycles. The van der Waals surface area contributed by atoms with Crippen LogP contribution < -0.4 is 10.6 Å². The number of rotatable bonds is 6. The highest BCUT2D eigenvalue weighted by Crippen LogP contribution is 2.15. The van der Waals surface area contributed by atoms with Gasteiger partial charge in [0.05, 0.1) is 12.6 Å². The lowest BCUT2D eigenvalue weighted by Crippen LogP contribution is -2.22. The lowest BCUT2D eigenvalue weighted by Gasteiger charge is -2.22. The molecule has 0 bridgehead atoms. The van der Waals surface area contributed by atoms with Crippen LogP contribution in [0.2, 0.25) is 0 Å². The van der Waals surface area contributed by atoms with Crippen molar-refractivity contribution in [3.63, 3.8) is 0 Å². The molecule has 0 aliphatic carbocycles. The van der Waals surface area contributed by atoms with Gasteiger partial charge in [0.15, 0.2) is 0 Å². The van der Waals surface area contributed by atoms with Crippen LogP contribution in [0.3, 0.4) is 0 Å². The van der Waals surface area contributed by atoms with Crippen molar-refractivity contribution in [2.75, 3.05) is 25.5 Å². The van der Waals surface area contributed by atoms with E-state index in [1.807, 2.05) is 7.05 Å². The van der Waals surface area contributed by atoms with E-state index in [9.17, 15) is 0 Å². The third kappa shape index (κ3) is 3.98. The van der Waals surface area contributed by atoms with Gasteiger partial charge >= 0.3 is 6.01 Å². The molecule has 0 radical (unpaired) electrons. The minimum atomic E-state index is 0.385. The summed E-state index contributed by atoms with van der Waals surface area (Å²) in [6.45, 7) is 2.31. The third-order valence-electron chi connectivity index (χ3n) is 2.81. The van der Waals surface area contributed by atoms with Gasteiger partial charge in [-0.05, 0) is 32.7 Å². The zero-order valence-corrected chi connectivity index (χ0v) is 10.2. The highest BCUT2D eigenvalue weighted by molar-refractivity contribution is 5.16. The van der Waals surface area contributed by atoms with Crippen molar-refractivity contribution in [1.82, 2.24) is 15.5 Å². The Morgan fingerprint density at radius 3 is 3.06 bits per heavy atom. The van der Waals surface area contributed by atoms with Crippen LogP contribution in [0.1, 0.15) is 31.6 Å². The molecule has 2 N–H and O–H groups in total. The second kappa shape index (κ2) is 6.56. The Morgan fingerprint density at radius 2 is 2.29 bits per heavy atom. The van der Waals surface area contributed by atoms with Gasteiger partial charge < -0.3 is 19.8 Å². The van der Waals surface area contributed by atoms with Crippen LogP contribution >= 0.6 is 0 Å². The maximum atomic E-state index is 5.64. The highest BCUT2D eigenvalue weighted by atomic mass is 16.5. The van der Waals surface area contributed by atoms with Gasteiger partial charge in [0.1, 0.15) is 0 Å². The van der Waals surface area contributed by atoms with Crippen LogP contribution in [0.4, 0.5) is 6.01 Å². The number of ether oxygens (including phenoxy) is 1. The van der Waals surface area contributed by atoms with Crippen molar-refractivity contribution >= 4 is 6.01 Å². The van der Waals surface area contributed by atoms with Gasteiger partial charge in [-0.1, -0.05) is 5.10 Å². The summed E-state index contributed by atoms with van der Waals surface area (Å²) < 4.78 is 11.0. The summed E-state index contributed by atoms with van der Waals surface area (Å²) >= 11 is 0. The first kappa shape index (κ1) is 12.3. The van der Waals surface area contributed by atoms with Crippen LogP contribution in [0, 0.1) is 0 Å². The van der Waals surface area contributed by atoms with Gasteiger partial charge in [0.25, 0.3) is 0 Å². The first-order valence-corrected chi connectivity index (χ1v) is 6.21. The molecule has 2 rings (SSSR count). The average molecular weight is 240 g/mol. The SMILES string of the molecule is CNCc1nnc(NCCC2CCCCO2)o1. The largest absolute Gasteiger partial charge is 0.407 e. The quantitative estimate of drug-likeness (QED) is 0.777. The van der Waals surface area contributed by atoms with Crippen LogP contribution in [-0.2, 0) is 11.3 Å². The van der Waals surface area contributed by atoms with E-state index in [0.29, 0.717) is 24.6 Å². The number of hydrogen-bond acceptors (Lipinski definition) is 6. The minimum Gasteiger partial charge on any atom is -0.407 e. The van der Waals surface area contributed by atoms with E-state index in [4.69, 9.17) is 9.15 Å². The maximum absolute atomic E-state index is 5.64. The third-order valence-corrected chi connectivity index (χ3v) is 2.81. The molecule has 1 aromatic rings. The summed E-state index contributed by atoms with van der Waals surface area (Å²) in [6.07, 6.45) is 5.01. The van der Waals surface area contributed by atoms with E-state index in [1.165, 1.54) is 12.8 Å². The second-order valence-electron chi connectivity index (χ2n) is 4.24. The van der Waals surface area contributed by atoms with E-state index in [0.717, 1.165) is 26.0 Å². The predicted molar refractivity (Wildman–Crippen MR) is 63.8 cm³/mol. The summed E-state index contributed by atoms with van der Waals surface area (Å²) in [5.74, 6) is 0.601. The van der Waals surface area contributed by atoms with Crippen LogP contribution in [0.25, 0.3) is 0 Å². The Morgan fingerprint density at radius 1 is 1.35 bits per heavy atom. The van der Waals surface area contributed by atoms with E-state index in [-0.39, 0.29) is 0 Å². The topological polar surface area (TPSA) is 72.2 Å². The van der Waals surface area contributed by atoms with Gasteiger partial charge in [-0.2, -0.15) is 0 Å². The van der Waals surface area contributed by atoms with Crippen molar-refractivity contribution < 1.29 is 9.15 Å². The standard InChI is InChI=1S/C11H20N4O2/c1-12-8-10-14-15-11(17-10)13-6-5-9-4-2-3-7-16-9/h9,12H,2-8H2,1H3,(H,13,15). The fourth-order valence-corrected chi connectivity index (χ4v) is 1.92. The van der Waals surface area contributed by atoms with Crippen molar-refractivity contribution in [2.24, 2.45) is 0 Å². The number of aromatic nitrogens is 2. The van der Waals surface area contributed by atoms with Crippen molar-refractivity contribution in [3.05, 3.63) is 5.89 Å². The molecule has 6 heteroatoms. The van der Waals surface area contributed by atoms with Gasteiger partial charge in [-0.25, -0.2) is 0 Å². The summed E-state index contributed by atoms with van der Waals surface area (Å²) in [6, 6.07) is 0.492. The Balaban J connectivity index is 1.66. The molecule has 1 unspecified atom stereocenters. The van der Waals surface area contributed by atoms with Crippen LogP contribution in [0.5, 0.6) is 0 Å². The van der Waals surface area contributed by atoms with Crippen molar-refractivity contribution in [2.45, 2.75) is 38.3 Å². The summed E-state index contributed by atoms with van der Waals surface area (Å²) in [4.78, 5) is 0. The molecule has 1 aliphatic heterocycles. The zero-order chi connectivity index (χ0) is 11.9. The molecule has 17 heavy (non-hydrogen) atoms. The van der Waals surface area contributed by atoms with Crippen LogP contribution in [0.15, 0.2) is 4.42 Å². The van der Waals surface area contributed by atoms with Gasteiger partial charge in [-0.3, -0.25) is 0 Å². The molecular weight excluding hydrogens is 220 g/mol. The fraction of sp³-hybridized carbons (Fsp3) is 0.818. The lowest BCUT2D eigenvalue weighted by molar-refractivity contribution is 0.0134. The monoisotopic (exact) mass is 240 g/mol. The molecule has 1 atom stereocenters.